The summed E-state index contributed by atoms with van der Waals surface area (Å²) in [6, 6.07) is 0.698. The van der Waals surface area contributed by atoms with Gasteiger partial charge in [0.2, 0.25) is 0 Å². The van der Waals surface area contributed by atoms with Gasteiger partial charge < -0.3 is 15.1 Å². The minimum atomic E-state index is 0.698. The maximum Gasteiger partial charge on any atom is 0.00789 e. The molecule has 0 fully saturated rings. The third kappa shape index (κ3) is 7.74. The van der Waals surface area contributed by atoms with Crippen LogP contribution < -0.4 is 5.32 Å². The first kappa shape index (κ1) is 16.9. The molecule has 3 heteroatoms. The fourth-order valence-electron chi connectivity index (χ4n) is 2.26. The topological polar surface area (TPSA) is 18.5 Å². The molecule has 0 radical (unpaired) electrons. The Hall–Kier alpha value is -0.120. The maximum absolute atomic E-state index is 3.24. The maximum atomic E-state index is 3.24. The van der Waals surface area contributed by atoms with E-state index in [1.54, 1.807) is 0 Å². The summed E-state index contributed by atoms with van der Waals surface area (Å²) in [5.41, 5.74) is 0. The molecule has 0 bridgehead atoms. The van der Waals surface area contributed by atoms with Crippen LogP contribution in [0, 0.1) is 0 Å². The number of nitrogens with zero attached hydrogens (tertiary/aromatic N) is 2. The molecule has 0 amide bonds. The van der Waals surface area contributed by atoms with Crippen LogP contribution >= 0.6 is 0 Å². The van der Waals surface area contributed by atoms with Crippen LogP contribution in [0.3, 0.4) is 0 Å². The van der Waals surface area contributed by atoms with Gasteiger partial charge in [0.15, 0.2) is 0 Å². The lowest BCUT2D eigenvalue weighted by molar-refractivity contribution is 0.192. The molecule has 0 aromatic rings. The second kappa shape index (κ2) is 11.0. The van der Waals surface area contributed by atoms with E-state index in [0.717, 1.165) is 6.54 Å². The molecule has 1 N–H and O–H groups in total. The Kier molecular flexibility index (Phi) is 10.9. The largest absolute Gasteiger partial charge is 0.320 e. The van der Waals surface area contributed by atoms with Crippen molar-refractivity contribution in [3.05, 3.63) is 0 Å². The van der Waals surface area contributed by atoms with Crippen LogP contribution in [0.4, 0.5) is 0 Å². The highest BCUT2D eigenvalue weighted by molar-refractivity contribution is 4.67. The van der Waals surface area contributed by atoms with E-state index in [4.69, 9.17) is 0 Å². The predicted octanol–water partition coefficient (Wildman–Crippen LogP) is 2.04. The van der Waals surface area contributed by atoms with E-state index in [9.17, 15) is 0 Å². The van der Waals surface area contributed by atoms with Crippen molar-refractivity contribution in [3.63, 3.8) is 0 Å². The smallest absolute Gasteiger partial charge is 0.00789 e. The molecule has 0 aliphatic heterocycles. The van der Waals surface area contributed by atoms with Crippen LogP contribution in [0.25, 0.3) is 0 Å². The molecule has 17 heavy (non-hydrogen) atoms. The van der Waals surface area contributed by atoms with Crippen molar-refractivity contribution in [2.24, 2.45) is 0 Å². The molecule has 0 aliphatic carbocycles. The summed E-state index contributed by atoms with van der Waals surface area (Å²) in [6.45, 7) is 16.2. The summed E-state index contributed by atoms with van der Waals surface area (Å²) in [4.78, 5) is 5.10. The van der Waals surface area contributed by atoms with Crippen molar-refractivity contribution in [2.45, 2.75) is 46.6 Å². The molecule has 1 unspecified atom stereocenters. The molecule has 0 aromatic carbocycles. The quantitative estimate of drug-likeness (QED) is 0.599. The van der Waals surface area contributed by atoms with Crippen molar-refractivity contribution in [2.75, 3.05) is 46.3 Å². The lowest BCUT2D eigenvalue weighted by Crippen LogP contribution is -2.37. The highest BCUT2D eigenvalue weighted by Crippen LogP contribution is 2.04. The lowest BCUT2D eigenvalue weighted by atomic mass is 10.2. The van der Waals surface area contributed by atoms with Gasteiger partial charge in [0.25, 0.3) is 0 Å². The molecule has 1 atom stereocenters. The second-order valence-electron chi connectivity index (χ2n) is 4.75. The molecular weight excluding hydrogens is 210 g/mol. The van der Waals surface area contributed by atoms with E-state index in [1.807, 2.05) is 7.05 Å². The van der Waals surface area contributed by atoms with Gasteiger partial charge in [0, 0.05) is 6.04 Å². The van der Waals surface area contributed by atoms with Crippen molar-refractivity contribution in [1.82, 2.24) is 15.1 Å². The molecule has 0 aliphatic rings. The standard InChI is InChI=1S/C14H33N3/c1-6-16(7-2)12-9-13-17(8-3)14(4)10-11-15-5/h14-15H,6-13H2,1-5H3. The minimum Gasteiger partial charge on any atom is -0.320 e. The van der Waals surface area contributed by atoms with Gasteiger partial charge >= 0.3 is 0 Å². The number of rotatable bonds is 11. The minimum absolute atomic E-state index is 0.698. The monoisotopic (exact) mass is 243 g/mol. The zero-order chi connectivity index (χ0) is 13.1. The van der Waals surface area contributed by atoms with Crippen molar-refractivity contribution in [3.8, 4) is 0 Å². The Morgan fingerprint density at radius 3 is 2.12 bits per heavy atom. The van der Waals surface area contributed by atoms with Gasteiger partial charge in [-0.1, -0.05) is 20.8 Å². The molecule has 0 saturated heterocycles. The normalized spacial score (nSPS) is 13.6. The van der Waals surface area contributed by atoms with Gasteiger partial charge in [-0.2, -0.15) is 0 Å². The van der Waals surface area contributed by atoms with Crippen LogP contribution in [0.2, 0.25) is 0 Å². The molecule has 3 nitrogen and oxygen atoms in total. The molecule has 0 rings (SSSR count). The van der Waals surface area contributed by atoms with Crippen molar-refractivity contribution < 1.29 is 0 Å². The molecule has 0 heterocycles. The highest BCUT2D eigenvalue weighted by Gasteiger charge is 2.11. The van der Waals surface area contributed by atoms with Crippen LogP contribution in [0.1, 0.15) is 40.5 Å². The van der Waals surface area contributed by atoms with E-state index < -0.39 is 0 Å². The van der Waals surface area contributed by atoms with Gasteiger partial charge in [-0.15, -0.1) is 0 Å². The summed E-state index contributed by atoms with van der Waals surface area (Å²) >= 11 is 0. The first-order valence-electron chi connectivity index (χ1n) is 7.30. The fourth-order valence-corrected chi connectivity index (χ4v) is 2.26. The first-order valence-corrected chi connectivity index (χ1v) is 7.30. The Morgan fingerprint density at radius 1 is 1.00 bits per heavy atom. The Labute approximate surface area is 109 Å². The average molecular weight is 243 g/mol. The van der Waals surface area contributed by atoms with Gasteiger partial charge in [-0.05, 0) is 66.1 Å². The Morgan fingerprint density at radius 2 is 1.65 bits per heavy atom. The second-order valence-corrected chi connectivity index (χ2v) is 4.75. The van der Waals surface area contributed by atoms with E-state index in [0.29, 0.717) is 6.04 Å². The molecular formula is C14H33N3. The van der Waals surface area contributed by atoms with E-state index in [1.165, 1.54) is 45.6 Å². The third-order valence-electron chi connectivity index (χ3n) is 3.66. The van der Waals surface area contributed by atoms with E-state index in [-0.39, 0.29) is 0 Å². The highest BCUT2D eigenvalue weighted by atomic mass is 15.2. The van der Waals surface area contributed by atoms with Crippen LogP contribution in [0.15, 0.2) is 0 Å². The Balaban J connectivity index is 3.80. The SMILES string of the molecule is CCN(CC)CCCN(CC)C(C)CCNC. The van der Waals surface area contributed by atoms with E-state index >= 15 is 0 Å². The Bertz CT molecular complexity index is 158. The molecule has 0 spiro atoms. The van der Waals surface area contributed by atoms with Gasteiger partial charge in [0.05, 0.1) is 0 Å². The number of hydrogen-bond donors (Lipinski definition) is 1. The van der Waals surface area contributed by atoms with Gasteiger partial charge in [-0.3, -0.25) is 0 Å². The van der Waals surface area contributed by atoms with Crippen LogP contribution in [-0.2, 0) is 0 Å². The first-order chi connectivity index (χ1) is 8.19. The molecule has 0 saturated carbocycles. The van der Waals surface area contributed by atoms with E-state index in [2.05, 4.69) is 42.8 Å². The lowest BCUT2D eigenvalue weighted by Gasteiger charge is -2.29. The van der Waals surface area contributed by atoms with Gasteiger partial charge in [0.1, 0.15) is 0 Å². The number of hydrogen-bond acceptors (Lipinski definition) is 3. The summed E-state index contributed by atoms with van der Waals surface area (Å²) < 4.78 is 0. The third-order valence-corrected chi connectivity index (χ3v) is 3.66. The summed E-state index contributed by atoms with van der Waals surface area (Å²) in [5, 5.41) is 3.24. The summed E-state index contributed by atoms with van der Waals surface area (Å²) in [6.07, 6.45) is 2.54. The van der Waals surface area contributed by atoms with Crippen LogP contribution in [0.5, 0.6) is 0 Å². The zero-order valence-electron chi connectivity index (χ0n) is 12.6. The number of nitrogens with one attached hydrogen (secondary N) is 1. The molecule has 0 aromatic heterocycles. The zero-order valence-corrected chi connectivity index (χ0v) is 12.6. The van der Waals surface area contributed by atoms with Crippen molar-refractivity contribution in [1.29, 1.82) is 0 Å². The average Bonchev–Trinajstić information content (AvgIpc) is 2.36. The van der Waals surface area contributed by atoms with Crippen molar-refractivity contribution >= 4 is 0 Å². The van der Waals surface area contributed by atoms with Crippen LogP contribution in [-0.4, -0.2) is 62.2 Å². The summed E-state index contributed by atoms with van der Waals surface area (Å²) in [7, 11) is 2.03. The summed E-state index contributed by atoms with van der Waals surface area (Å²) in [5.74, 6) is 0. The predicted molar refractivity (Wildman–Crippen MR) is 77.7 cm³/mol. The molecule has 104 valence electrons. The van der Waals surface area contributed by atoms with Gasteiger partial charge in [-0.25, -0.2) is 0 Å². The fraction of sp³-hybridized carbons (Fsp3) is 1.00.